The zero-order chi connectivity index (χ0) is 22.8. The lowest BCUT2D eigenvalue weighted by Gasteiger charge is -2.18. The second kappa shape index (κ2) is 8.66. The SMILES string of the molecule is CC[C@@H](C(=O)Nc1cccc(C)c1)n1nc(-c2ccc(OC)cc2)c2c(C)onc2c1=O. The first-order valence-electron chi connectivity index (χ1n) is 10.3. The van der Waals surface area contributed by atoms with E-state index in [4.69, 9.17) is 9.26 Å². The lowest BCUT2D eigenvalue weighted by molar-refractivity contribution is -0.119. The number of hydrogen-bond acceptors (Lipinski definition) is 6. The third-order valence-electron chi connectivity index (χ3n) is 5.35. The normalized spacial score (nSPS) is 12.0. The van der Waals surface area contributed by atoms with Crippen molar-refractivity contribution in [1.82, 2.24) is 14.9 Å². The van der Waals surface area contributed by atoms with Crippen LogP contribution in [0.5, 0.6) is 5.75 Å². The summed E-state index contributed by atoms with van der Waals surface area (Å²) in [6, 6.07) is 14.0. The van der Waals surface area contributed by atoms with Crippen LogP contribution >= 0.6 is 0 Å². The number of aromatic nitrogens is 3. The van der Waals surface area contributed by atoms with E-state index < -0.39 is 11.6 Å². The van der Waals surface area contributed by atoms with Gasteiger partial charge in [0.25, 0.3) is 5.56 Å². The van der Waals surface area contributed by atoms with Crippen molar-refractivity contribution < 1.29 is 14.1 Å². The number of benzene rings is 2. The van der Waals surface area contributed by atoms with Gasteiger partial charge in [0.15, 0.2) is 5.52 Å². The third-order valence-corrected chi connectivity index (χ3v) is 5.35. The Bertz CT molecular complexity index is 1340. The molecule has 2 heterocycles. The molecule has 0 unspecified atom stereocenters. The van der Waals surface area contributed by atoms with Gasteiger partial charge in [0.05, 0.1) is 12.5 Å². The standard InChI is InChI=1S/C24H24N4O4/c1-5-19(23(29)25-17-8-6-7-14(2)13-17)28-24(30)22-20(15(3)32-27-22)21(26-28)16-9-11-18(31-4)12-10-16/h6-13,19H,5H2,1-4H3,(H,25,29)/t19-/m0/s1. The number of carbonyl (C=O) groups is 1. The molecule has 4 aromatic rings. The van der Waals surface area contributed by atoms with Crippen molar-refractivity contribution in [2.75, 3.05) is 12.4 Å². The maximum atomic E-state index is 13.2. The third kappa shape index (κ3) is 3.87. The summed E-state index contributed by atoms with van der Waals surface area (Å²) in [5.41, 5.74) is 2.63. The largest absolute Gasteiger partial charge is 0.497 e. The molecule has 8 nitrogen and oxygen atoms in total. The molecule has 32 heavy (non-hydrogen) atoms. The Hall–Kier alpha value is -3.94. The molecule has 8 heteroatoms. The lowest BCUT2D eigenvalue weighted by Crippen LogP contribution is -2.35. The second-order valence-corrected chi connectivity index (χ2v) is 7.57. The van der Waals surface area contributed by atoms with E-state index in [9.17, 15) is 9.59 Å². The van der Waals surface area contributed by atoms with Crippen LogP contribution in [-0.4, -0.2) is 28.0 Å². The maximum Gasteiger partial charge on any atom is 0.297 e. The quantitative estimate of drug-likeness (QED) is 0.489. The van der Waals surface area contributed by atoms with Crippen LogP contribution < -0.4 is 15.6 Å². The number of carbonyl (C=O) groups excluding carboxylic acids is 1. The fraction of sp³-hybridized carbons (Fsp3) is 0.250. The Morgan fingerprint density at radius 1 is 1.19 bits per heavy atom. The van der Waals surface area contributed by atoms with E-state index in [1.807, 2.05) is 56.3 Å². The van der Waals surface area contributed by atoms with Gasteiger partial charge in [-0.15, -0.1) is 0 Å². The summed E-state index contributed by atoms with van der Waals surface area (Å²) in [7, 11) is 1.59. The van der Waals surface area contributed by atoms with Crippen LogP contribution in [0.4, 0.5) is 5.69 Å². The molecule has 2 aromatic carbocycles. The molecule has 0 spiro atoms. The van der Waals surface area contributed by atoms with E-state index >= 15 is 0 Å². The Balaban J connectivity index is 1.83. The Kier molecular flexibility index (Phi) is 5.77. The second-order valence-electron chi connectivity index (χ2n) is 7.57. The fourth-order valence-corrected chi connectivity index (χ4v) is 3.69. The molecule has 0 fully saturated rings. The van der Waals surface area contributed by atoms with Gasteiger partial charge in [0.2, 0.25) is 5.91 Å². The Labute approximate surface area is 184 Å². The first-order valence-corrected chi connectivity index (χ1v) is 10.3. The van der Waals surface area contributed by atoms with Gasteiger partial charge in [0, 0.05) is 11.3 Å². The van der Waals surface area contributed by atoms with Crippen LogP contribution in [0.2, 0.25) is 0 Å². The number of nitrogens with one attached hydrogen (secondary N) is 1. The first kappa shape index (κ1) is 21.3. The zero-order valence-electron chi connectivity index (χ0n) is 18.4. The van der Waals surface area contributed by atoms with E-state index in [1.165, 1.54) is 4.68 Å². The number of ether oxygens (including phenoxy) is 1. The van der Waals surface area contributed by atoms with E-state index in [0.29, 0.717) is 34.7 Å². The average molecular weight is 432 g/mol. The van der Waals surface area contributed by atoms with E-state index in [-0.39, 0.29) is 11.4 Å². The summed E-state index contributed by atoms with van der Waals surface area (Å²) in [6.07, 6.45) is 0.370. The summed E-state index contributed by atoms with van der Waals surface area (Å²) in [4.78, 5) is 26.3. The number of aryl methyl sites for hydroxylation is 2. The van der Waals surface area contributed by atoms with Crippen molar-refractivity contribution in [2.45, 2.75) is 33.2 Å². The van der Waals surface area contributed by atoms with Gasteiger partial charge in [-0.3, -0.25) is 9.59 Å². The summed E-state index contributed by atoms with van der Waals surface area (Å²) in [5.74, 6) is 0.858. The van der Waals surface area contributed by atoms with Crippen LogP contribution in [0.25, 0.3) is 22.2 Å². The minimum Gasteiger partial charge on any atom is -0.497 e. The van der Waals surface area contributed by atoms with Crippen molar-refractivity contribution in [3.8, 4) is 17.0 Å². The minimum absolute atomic E-state index is 0.144. The predicted octanol–water partition coefficient (Wildman–Crippen LogP) is 4.27. The highest BCUT2D eigenvalue weighted by Crippen LogP contribution is 2.29. The molecular formula is C24H24N4O4. The van der Waals surface area contributed by atoms with Gasteiger partial charge < -0.3 is 14.6 Å². The topological polar surface area (TPSA) is 99.2 Å². The number of nitrogens with zero attached hydrogens (tertiary/aromatic N) is 3. The van der Waals surface area contributed by atoms with E-state index in [1.54, 1.807) is 20.1 Å². The fourth-order valence-electron chi connectivity index (χ4n) is 3.69. The zero-order valence-corrected chi connectivity index (χ0v) is 18.4. The summed E-state index contributed by atoms with van der Waals surface area (Å²) in [6.45, 7) is 5.51. The summed E-state index contributed by atoms with van der Waals surface area (Å²) >= 11 is 0. The van der Waals surface area contributed by atoms with Gasteiger partial charge >= 0.3 is 0 Å². The highest BCUT2D eigenvalue weighted by molar-refractivity contribution is 5.95. The number of rotatable bonds is 6. The monoisotopic (exact) mass is 432 g/mol. The summed E-state index contributed by atoms with van der Waals surface area (Å²) in [5, 5.41) is 12.0. The molecule has 0 saturated carbocycles. The van der Waals surface area contributed by atoms with Crippen LogP contribution in [0.15, 0.2) is 57.8 Å². The molecule has 1 atom stereocenters. The van der Waals surface area contributed by atoms with E-state index in [2.05, 4.69) is 15.6 Å². The highest BCUT2D eigenvalue weighted by atomic mass is 16.5. The number of amides is 1. The van der Waals surface area contributed by atoms with Crippen molar-refractivity contribution >= 4 is 22.5 Å². The van der Waals surface area contributed by atoms with Crippen LogP contribution in [0.3, 0.4) is 0 Å². The minimum atomic E-state index is -0.818. The molecular weight excluding hydrogens is 408 g/mol. The van der Waals surface area contributed by atoms with Crippen LogP contribution in [0, 0.1) is 13.8 Å². The molecule has 0 radical (unpaired) electrons. The molecule has 0 aliphatic rings. The number of hydrogen-bond donors (Lipinski definition) is 1. The lowest BCUT2D eigenvalue weighted by atomic mass is 10.1. The van der Waals surface area contributed by atoms with Gasteiger partial charge in [-0.2, -0.15) is 5.10 Å². The van der Waals surface area contributed by atoms with Crippen molar-refractivity contribution in [1.29, 1.82) is 0 Å². The molecule has 2 aromatic heterocycles. The number of anilines is 1. The smallest absolute Gasteiger partial charge is 0.297 e. The van der Waals surface area contributed by atoms with Gasteiger partial charge in [-0.25, -0.2) is 4.68 Å². The van der Waals surface area contributed by atoms with Gasteiger partial charge in [0.1, 0.15) is 23.2 Å². The Morgan fingerprint density at radius 3 is 2.59 bits per heavy atom. The van der Waals surface area contributed by atoms with Crippen molar-refractivity contribution in [3.05, 3.63) is 70.2 Å². The van der Waals surface area contributed by atoms with Crippen molar-refractivity contribution in [2.24, 2.45) is 0 Å². The molecule has 0 aliphatic heterocycles. The highest BCUT2D eigenvalue weighted by Gasteiger charge is 2.26. The first-order chi connectivity index (χ1) is 15.4. The van der Waals surface area contributed by atoms with Crippen molar-refractivity contribution in [3.63, 3.8) is 0 Å². The maximum absolute atomic E-state index is 13.2. The van der Waals surface area contributed by atoms with Gasteiger partial charge in [-0.1, -0.05) is 24.2 Å². The van der Waals surface area contributed by atoms with E-state index in [0.717, 1.165) is 11.1 Å². The molecule has 0 saturated heterocycles. The van der Waals surface area contributed by atoms with Crippen LogP contribution in [-0.2, 0) is 4.79 Å². The molecule has 0 aliphatic carbocycles. The molecule has 164 valence electrons. The van der Waals surface area contributed by atoms with Crippen LogP contribution in [0.1, 0.15) is 30.7 Å². The predicted molar refractivity (Wildman–Crippen MR) is 122 cm³/mol. The molecule has 0 bridgehead atoms. The number of fused-ring (bicyclic) bond motifs is 1. The summed E-state index contributed by atoms with van der Waals surface area (Å²) < 4.78 is 11.8. The van der Waals surface area contributed by atoms with Gasteiger partial charge in [-0.05, 0) is 62.2 Å². The molecule has 1 amide bonds. The average Bonchev–Trinajstić information content (AvgIpc) is 3.18. The Morgan fingerprint density at radius 2 is 1.94 bits per heavy atom. The number of methoxy groups -OCH3 is 1. The molecule has 4 rings (SSSR count). The molecule has 1 N–H and O–H groups in total.